The van der Waals surface area contributed by atoms with Crippen LogP contribution in [0.25, 0.3) is 0 Å². The molecule has 0 aliphatic carbocycles. The lowest BCUT2D eigenvalue weighted by Crippen LogP contribution is -2.16. The molecule has 0 radical (unpaired) electrons. The zero-order valence-corrected chi connectivity index (χ0v) is 5.07. The molecule has 0 aromatic heterocycles. The van der Waals surface area contributed by atoms with Gasteiger partial charge in [-0.25, -0.2) is 9.59 Å². The third-order valence-electron chi connectivity index (χ3n) is 0.495. The number of hydrogen-bond acceptors (Lipinski definition) is 4. The number of carboxylic acid groups (broad SMARTS) is 1. The Morgan fingerprint density at radius 2 is 2.20 bits per heavy atom. The molecule has 5 nitrogen and oxygen atoms in total. The van der Waals surface area contributed by atoms with Crippen LogP contribution in [-0.4, -0.2) is 23.7 Å². The average Bonchev–Trinajstić information content (AvgIpc) is 1.88. The molecule has 0 heterocycles. The van der Waals surface area contributed by atoms with Crippen molar-refractivity contribution in [1.29, 1.82) is 0 Å². The van der Waals surface area contributed by atoms with Crippen LogP contribution in [0.4, 0.5) is 0 Å². The van der Waals surface area contributed by atoms with Gasteiger partial charge in [0.15, 0.2) is 0 Å². The van der Waals surface area contributed by atoms with Gasteiger partial charge in [0.25, 0.3) is 0 Å². The van der Waals surface area contributed by atoms with E-state index in [2.05, 4.69) is 16.4 Å². The van der Waals surface area contributed by atoms with Crippen molar-refractivity contribution in [3.8, 4) is 0 Å². The highest BCUT2D eigenvalue weighted by Crippen LogP contribution is 1.80. The normalized spacial score (nSPS) is 8.40. The van der Waals surface area contributed by atoms with Crippen LogP contribution in [0.2, 0.25) is 0 Å². The predicted molar refractivity (Wildman–Crippen MR) is 29.9 cm³/mol. The SMILES string of the molecule is C=CCOOC(=O)C(=O)O. The first kappa shape index (κ1) is 8.64. The zero-order valence-electron chi connectivity index (χ0n) is 5.07. The molecular weight excluding hydrogens is 140 g/mol. The molecule has 56 valence electrons. The molecule has 1 N–H and O–H groups in total. The highest BCUT2D eigenvalue weighted by atomic mass is 17.2. The van der Waals surface area contributed by atoms with Crippen LogP contribution in [0, 0.1) is 0 Å². The molecule has 5 heteroatoms. The summed E-state index contributed by atoms with van der Waals surface area (Å²) in [5.41, 5.74) is 0. The second-order valence-electron chi connectivity index (χ2n) is 1.25. The molecule has 0 aliphatic rings. The average molecular weight is 146 g/mol. The van der Waals surface area contributed by atoms with Crippen molar-refractivity contribution in [1.82, 2.24) is 0 Å². The summed E-state index contributed by atoms with van der Waals surface area (Å²) >= 11 is 0. The van der Waals surface area contributed by atoms with Crippen LogP contribution in [0.15, 0.2) is 12.7 Å². The molecule has 0 saturated heterocycles. The summed E-state index contributed by atoms with van der Waals surface area (Å²) in [6, 6.07) is 0. The smallest absolute Gasteiger partial charge is 0.449 e. The second-order valence-corrected chi connectivity index (χ2v) is 1.25. The number of aliphatic carboxylic acids is 1. The topological polar surface area (TPSA) is 72.8 Å². The van der Waals surface area contributed by atoms with Crippen LogP contribution in [0.3, 0.4) is 0 Å². The lowest BCUT2D eigenvalue weighted by atomic mass is 10.7. The monoisotopic (exact) mass is 146 g/mol. The fraction of sp³-hybridized carbons (Fsp3) is 0.200. The van der Waals surface area contributed by atoms with Crippen LogP contribution in [0.1, 0.15) is 0 Å². The van der Waals surface area contributed by atoms with Gasteiger partial charge in [-0.15, -0.1) is 6.58 Å². The standard InChI is InChI=1S/C5H6O5/c1-2-3-9-10-5(8)4(6)7/h2H,1,3H2,(H,6,7). The molecule has 0 rings (SSSR count). The molecule has 0 fully saturated rings. The van der Waals surface area contributed by atoms with Crippen LogP contribution in [0.5, 0.6) is 0 Å². The van der Waals surface area contributed by atoms with Crippen molar-refractivity contribution < 1.29 is 24.5 Å². The fourth-order valence-corrected chi connectivity index (χ4v) is 0.171. The molecule has 10 heavy (non-hydrogen) atoms. The van der Waals surface area contributed by atoms with E-state index < -0.39 is 11.9 Å². The van der Waals surface area contributed by atoms with E-state index >= 15 is 0 Å². The Morgan fingerprint density at radius 3 is 2.60 bits per heavy atom. The maximum Gasteiger partial charge on any atom is 0.449 e. The summed E-state index contributed by atoms with van der Waals surface area (Å²) in [7, 11) is 0. The van der Waals surface area contributed by atoms with Crippen molar-refractivity contribution in [3.63, 3.8) is 0 Å². The van der Waals surface area contributed by atoms with Gasteiger partial charge in [-0.1, -0.05) is 6.08 Å². The van der Waals surface area contributed by atoms with Crippen molar-refractivity contribution in [2.24, 2.45) is 0 Å². The van der Waals surface area contributed by atoms with Crippen LogP contribution in [-0.2, 0) is 19.4 Å². The molecule has 0 amide bonds. The second kappa shape index (κ2) is 4.51. The van der Waals surface area contributed by atoms with Gasteiger partial charge in [0.2, 0.25) is 0 Å². The molecule has 0 spiro atoms. The highest BCUT2D eigenvalue weighted by Gasteiger charge is 2.13. The van der Waals surface area contributed by atoms with Gasteiger partial charge in [0.1, 0.15) is 6.61 Å². The van der Waals surface area contributed by atoms with Crippen LogP contribution >= 0.6 is 0 Å². The highest BCUT2D eigenvalue weighted by molar-refractivity contribution is 6.28. The Bertz CT molecular complexity index is 150. The Hall–Kier alpha value is -1.36. The number of carbonyl (C=O) groups is 2. The Morgan fingerprint density at radius 1 is 1.60 bits per heavy atom. The van der Waals surface area contributed by atoms with Crippen molar-refractivity contribution in [2.75, 3.05) is 6.61 Å². The first-order valence-electron chi connectivity index (χ1n) is 2.36. The van der Waals surface area contributed by atoms with E-state index in [1.165, 1.54) is 6.08 Å². The van der Waals surface area contributed by atoms with Gasteiger partial charge in [-0.05, 0) is 0 Å². The minimum absolute atomic E-state index is 0.0288. The summed E-state index contributed by atoms with van der Waals surface area (Å²) in [6.45, 7) is 3.21. The largest absolute Gasteiger partial charge is 0.473 e. The minimum atomic E-state index is -1.69. The maximum atomic E-state index is 10.0. The van der Waals surface area contributed by atoms with Crippen LogP contribution < -0.4 is 0 Å². The third-order valence-corrected chi connectivity index (χ3v) is 0.495. The van der Waals surface area contributed by atoms with E-state index in [0.29, 0.717) is 0 Å². The Labute approximate surface area is 56.8 Å². The van der Waals surface area contributed by atoms with Gasteiger partial charge in [0.05, 0.1) is 0 Å². The van der Waals surface area contributed by atoms with Gasteiger partial charge in [0, 0.05) is 0 Å². The minimum Gasteiger partial charge on any atom is -0.473 e. The third kappa shape index (κ3) is 3.62. The summed E-state index contributed by atoms with van der Waals surface area (Å²) in [4.78, 5) is 27.5. The first-order valence-corrected chi connectivity index (χ1v) is 2.36. The molecular formula is C5H6O5. The molecule has 0 atom stereocenters. The van der Waals surface area contributed by atoms with Gasteiger partial charge in [-0.2, -0.15) is 4.89 Å². The van der Waals surface area contributed by atoms with E-state index in [4.69, 9.17) is 5.11 Å². The van der Waals surface area contributed by atoms with E-state index in [0.717, 1.165) is 0 Å². The number of hydrogen-bond donors (Lipinski definition) is 1. The maximum absolute atomic E-state index is 10.0. The summed E-state index contributed by atoms with van der Waals surface area (Å²) in [6.07, 6.45) is 1.31. The lowest BCUT2D eigenvalue weighted by molar-refractivity contribution is -0.265. The van der Waals surface area contributed by atoms with E-state index in [1.807, 2.05) is 0 Å². The van der Waals surface area contributed by atoms with Crippen molar-refractivity contribution >= 4 is 11.9 Å². The Kier molecular flexibility index (Phi) is 3.90. The summed E-state index contributed by atoms with van der Waals surface area (Å²) in [5.74, 6) is -3.13. The molecule has 0 aromatic rings. The molecule has 0 aliphatic heterocycles. The number of rotatable bonds is 3. The first-order chi connectivity index (χ1) is 4.68. The number of carboxylic acids is 1. The molecule has 0 aromatic carbocycles. The molecule has 0 unspecified atom stereocenters. The summed E-state index contributed by atoms with van der Waals surface area (Å²) < 4.78 is 0. The van der Waals surface area contributed by atoms with Gasteiger partial charge >= 0.3 is 11.9 Å². The molecule has 0 bridgehead atoms. The predicted octanol–water partition coefficient (Wildman–Crippen LogP) is -0.268. The quantitative estimate of drug-likeness (QED) is 0.195. The van der Waals surface area contributed by atoms with Gasteiger partial charge < -0.3 is 5.11 Å². The number of carbonyl (C=O) groups excluding carboxylic acids is 1. The van der Waals surface area contributed by atoms with Crippen molar-refractivity contribution in [3.05, 3.63) is 12.7 Å². The zero-order chi connectivity index (χ0) is 7.98. The molecule has 0 saturated carbocycles. The fourth-order valence-electron chi connectivity index (χ4n) is 0.171. The van der Waals surface area contributed by atoms with E-state index in [1.54, 1.807) is 0 Å². The lowest BCUT2D eigenvalue weighted by Gasteiger charge is -1.94. The van der Waals surface area contributed by atoms with E-state index in [-0.39, 0.29) is 6.61 Å². The van der Waals surface area contributed by atoms with Gasteiger partial charge in [-0.3, -0.25) is 4.89 Å². The summed E-state index contributed by atoms with van der Waals surface area (Å²) in [5, 5.41) is 7.90. The van der Waals surface area contributed by atoms with Crippen molar-refractivity contribution in [2.45, 2.75) is 0 Å². The van der Waals surface area contributed by atoms with E-state index in [9.17, 15) is 9.59 Å². The Balaban J connectivity index is 3.40.